The number of nitrogens with one attached hydrogen (secondary N) is 1. The van der Waals surface area contributed by atoms with Crippen molar-refractivity contribution >= 4 is 11.7 Å². The molecule has 0 radical (unpaired) electrons. The molecule has 1 aromatic heterocycles. The Labute approximate surface area is 121 Å². The number of hydrogen-bond acceptors (Lipinski definition) is 4. The molecule has 110 valence electrons. The molecule has 0 saturated heterocycles. The first-order valence-corrected chi connectivity index (χ1v) is 6.39. The molecule has 2 aromatic rings. The van der Waals surface area contributed by atoms with Crippen molar-refractivity contribution in [2.75, 3.05) is 0 Å². The number of nitro groups is 1. The molecule has 0 saturated carbocycles. The molecule has 0 spiro atoms. The maximum atomic E-state index is 12.0. The molecule has 7 nitrogen and oxygen atoms in total. The number of hydrogen-bond donors (Lipinski definition) is 2. The first kappa shape index (κ1) is 14.7. The van der Waals surface area contributed by atoms with Crippen molar-refractivity contribution in [3.05, 3.63) is 63.3 Å². The largest absolute Gasteiger partial charge is 0.358 e. The molecule has 0 bridgehead atoms. The van der Waals surface area contributed by atoms with Crippen LogP contribution in [0, 0.1) is 10.1 Å². The fraction of sp³-hybridized carbons (Fsp3) is 0.214. The molecule has 3 N–H and O–H groups in total. The average Bonchev–Trinajstić information content (AvgIpc) is 2.87. The predicted molar refractivity (Wildman–Crippen MR) is 77.6 cm³/mol. The Balaban J connectivity index is 2.03. The summed E-state index contributed by atoms with van der Waals surface area (Å²) in [5.74, 6) is -0.471. The Morgan fingerprint density at radius 1 is 1.24 bits per heavy atom. The van der Waals surface area contributed by atoms with Crippen LogP contribution in [-0.2, 0) is 20.1 Å². The van der Waals surface area contributed by atoms with Crippen LogP contribution in [0.15, 0.2) is 36.4 Å². The Kier molecular flexibility index (Phi) is 4.34. The normalized spacial score (nSPS) is 10.4. The van der Waals surface area contributed by atoms with Crippen LogP contribution >= 0.6 is 0 Å². The molecule has 0 aliphatic rings. The lowest BCUT2D eigenvalue weighted by Gasteiger charge is -2.05. The number of nitrogens with two attached hydrogens (primary N) is 1. The van der Waals surface area contributed by atoms with Gasteiger partial charge in [0.2, 0.25) is 0 Å². The fourth-order valence-electron chi connectivity index (χ4n) is 1.98. The highest BCUT2D eigenvalue weighted by atomic mass is 16.6. The number of benzene rings is 1. The third-order valence-electron chi connectivity index (χ3n) is 3.23. The van der Waals surface area contributed by atoms with Crippen molar-refractivity contribution in [3.8, 4) is 0 Å². The highest BCUT2D eigenvalue weighted by Crippen LogP contribution is 2.15. The second-order valence-corrected chi connectivity index (χ2v) is 4.60. The van der Waals surface area contributed by atoms with Crippen molar-refractivity contribution in [2.45, 2.75) is 13.1 Å². The second-order valence-electron chi connectivity index (χ2n) is 4.60. The minimum Gasteiger partial charge on any atom is -0.358 e. The van der Waals surface area contributed by atoms with Gasteiger partial charge in [-0.05, 0) is 22.1 Å². The summed E-state index contributed by atoms with van der Waals surface area (Å²) in [6, 6.07) is 10.3. The lowest BCUT2D eigenvalue weighted by atomic mass is 10.1. The number of carbonyl (C=O) groups excluding carboxylic acids is 1. The molecule has 0 atom stereocenters. The van der Waals surface area contributed by atoms with Gasteiger partial charge in [0.05, 0.1) is 7.05 Å². The van der Waals surface area contributed by atoms with Crippen LogP contribution in [0.2, 0.25) is 0 Å². The second kappa shape index (κ2) is 6.19. The maximum absolute atomic E-state index is 12.0. The molecule has 0 aliphatic carbocycles. The van der Waals surface area contributed by atoms with Crippen LogP contribution in [-0.4, -0.2) is 15.4 Å². The van der Waals surface area contributed by atoms with E-state index in [0.717, 1.165) is 11.1 Å². The average molecular weight is 288 g/mol. The maximum Gasteiger partial charge on any atom is 0.323 e. The van der Waals surface area contributed by atoms with Gasteiger partial charge < -0.3 is 21.2 Å². The quantitative estimate of drug-likeness (QED) is 0.639. The third-order valence-corrected chi connectivity index (χ3v) is 3.23. The SMILES string of the molecule is Cn1c(C(=O)NCc2ccc(CN)cc2)ccc1[N+](=O)[O-]. The first-order valence-electron chi connectivity index (χ1n) is 6.39. The number of aromatic nitrogens is 1. The van der Waals surface area contributed by atoms with E-state index in [-0.39, 0.29) is 17.4 Å². The highest BCUT2D eigenvalue weighted by molar-refractivity contribution is 5.93. The molecule has 1 amide bonds. The molecule has 2 rings (SSSR count). The summed E-state index contributed by atoms with van der Waals surface area (Å²) >= 11 is 0. The van der Waals surface area contributed by atoms with Crippen molar-refractivity contribution in [1.29, 1.82) is 0 Å². The third kappa shape index (κ3) is 3.26. The van der Waals surface area contributed by atoms with Gasteiger partial charge in [-0.3, -0.25) is 4.79 Å². The molecule has 21 heavy (non-hydrogen) atoms. The van der Waals surface area contributed by atoms with Gasteiger partial charge in [0.25, 0.3) is 5.91 Å². The number of amides is 1. The Morgan fingerprint density at radius 3 is 2.38 bits per heavy atom. The molecule has 7 heteroatoms. The van der Waals surface area contributed by atoms with E-state index in [1.54, 1.807) is 0 Å². The number of rotatable bonds is 5. The Morgan fingerprint density at radius 2 is 1.86 bits per heavy atom. The van der Waals surface area contributed by atoms with Gasteiger partial charge in [0.1, 0.15) is 0 Å². The molecule has 1 heterocycles. The Hall–Kier alpha value is -2.67. The van der Waals surface area contributed by atoms with E-state index < -0.39 is 4.92 Å². The lowest BCUT2D eigenvalue weighted by Crippen LogP contribution is -2.25. The minimum atomic E-state index is -0.525. The van der Waals surface area contributed by atoms with E-state index in [1.165, 1.54) is 23.7 Å². The summed E-state index contributed by atoms with van der Waals surface area (Å²) in [4.78, 5) is 22.2. The topological polar surface area (TPSA) is 103 Å². The zero-order chi connectivity index (χ0) is 15.4. The van der Waals surface area contributed by atoms with Crippen molar-refractivity contribution < 1.29 is 9.72 Å². The van der Waals surface area contributed by atoms with E-state index in [9.17, 15) is 14.9 Å². The van der Waals surface area contributed by atoms with E-state index >= 15 is 0 Å². The summed E-state index contributed by atoms with van der Waals surface area (Å²) in [6.07, 6.45) is 0. The van der Waals surface area contributed by atoms with Gasteiger partial charge >= 0.3 is 5.82 Å². The molecule has 1 aromatic carbocycles. The summed E-state index contributed by atoms with van der Waals surface area (Å²) in [7, 11) is 1.49. The van der Waals surface area contributed by atoms with Gasteiger partial charge in [-0.15, -0.1) is 0 Å². The highest BCUT2D eigenvalue weighted by Gasteiger charge is 2.20. The molecule has 0 unspecified atom stereocenters. The summed E-state index contributed by atoms with van der Waals surface area (Å²) < 4.78 is 1.26. The predicted octanol–water partition coefficient (Wildman–Crippen LogP) is 1.32. The minimum absolute atomic E-state index is 0.118. The van der Waals surface area contributed by atoms with Gasteiger partial charge in [0.15, 0.2) is 5.69 Å². The molecular weight excluding hydrogens is 272 g/mol. The van der Waals surface area contributed by atoms with Gasteiger partial charge in [-0.25, -0.2) is 4.57 Å². The number of nitrogens with zero attached hydrogens (tertiary/aromatic N) is 2. The van der Waals surface area contributed by atoms with Crippen LogP contribution in [0.25, 0.3) is 0 Å². The van der Waals surface area contributed by atoms with Crippen LogP contribution in [0.1, 0.15) is 21.6 Å². The zero-order valence-electron chi connectivity index (χ0n) is 11.6. The molecular formula is C14H16N4O3. The van der Waals surface area contributed by atoms with E-state index in [1.807, 2.05) is 24.3 Å². The Bertz CT molecular complexity index is 661. The monoisotopic (exact) mass is 288 g/mol. The molecule has 0 aliphatic heterocycles. The van der Waals surface area contributed by atoms with Crippen molar-refractivity contribution in [3.63, 3.8) is 0 Å². The van der Waals surface area contributed by atoms with Crippen LogP contribution in [0.5, 0.6) is 0 Å². The molecule has 0 fully saturated rings. The van der Waals surface area contributed by atoms with Crippen LogP contribution in [0.3, 0.4) is 0 Å². The van der Waals surface area contributed by atoms with Gasteiger partial charge in [-0.1, -0.05) is 24.3 Å². The van der Waals surface area contributed by atoms with Gasteiger partial charge in [0, 0.05) is 19.2 Å². The van der Waals surface area contributed by atoms with Gasteiger partial charge in [-0.2, -0.15) is 0 Å². The van der Waals surface area contributed by atoms with Crippen molar-refractivity contribution in [1.82, 2.24) is 9.88 Å². The zero-order valence-corrected chi connectivity index (χ0v) is 11.6. The lowest BCUT2D eigenvalue weighted by molar-refractivity contribution is -0.391. The summed E-state index contributed by atoms with van der Waals surface area (Å²) in [5.41, 5.74) is 7.72. The van der Waals surface area contributed by atoms with Crippen LogP contribution in [0.4, 0.5) is 5.82 Å². The van der Waals surface area contributed by atoms with Crippen molar-refractivity contribution in [2.24, 2.45) is 12.8 Å². The summed E-state index contributed by atoms with van der Waals surface area (Å²) in [6.45, 7) is 0.822. The number of carbonyl (C=O) groups is 1. The smallest absolute Gasteiger partial charge is 0.323 e. The van der Waals surface area contributed by atoms with Crippen LogP contribution < -0.4 is 11.1 Å². The van der Waals surface area contributed by atoms with E-state index in [2.05, 4.69) is 5.32 Å². The fourth-order valence-corrected chi connectivity index (χ4v) is 1.98. The first-order chi connectivity index (χ1) is 10.0. The standard InChI is InChI=1S/C14H16N4O3/c1-17-12(6-7-13(17)18(20)21)14(19)16-9-11-4-2-10(8-15)3-5-11/h2-7H,8-9,15H2,1H3,(H,16,19). The summed E-state index contributed by atoms with van der Waals surface area (Å²) in [5, 5.41) is 13.5. The van der Waals surface area contributed by atoms with E-state index in [0.29, 0.717) is 13.1 Å². The van der Waals surface area contributed by atoms with E-state index in [4.69, 9.17) is 5.73 Å².